The minimum absolute atomic E-state index is 0.0483. The van der Waals surface area contributed by atoms with Crippen LogP contribution in [0.1, 0.15) is 59.8 Å². The quantitative estimate of drug-likeness (QED) is 0.558. The number of Topliss-reactive ketones (excluding diaryl/α,β-unsaturated/α-hetero) is 1. The van der Waals surface area contributed by atoms with Gasteiger partial charge >= 0.3 is 5.97 Å². The highest BCUT2D eigenvalue weighted by molar-refractivity contribution is 6.04. The number of carbonyl (C=O) groups excluding carboxylic acids is 2. The Morgan fingerprint density at radius 1 is 1.11 bits per heavy atom. The second kappa shape index (κ2) is 6.35. The van der Waals surface area contributed by atoms with Crippen LogP contribution in [0.3, 0.4) is 0 Å². The Morgan fingerprint density at radius 2 is 1.67 bits per heavy atom. The molecule has 104 valence electrons. The molecule has 0 aromatic heterocycles. The van der Waals surface area contributed by atoms with Crippen LogP contribution in [0.25, 0.3) is 0 Å². The molecule has 0 spiro atoms. The van der Waals surface area contributed by atoms with Crippen LogP contribution in [-0.4, -0.2) is 18.4 Å². The van der Waals surface area contributed by atoms with Gasteiger partial charge < -0.3 is 4.74 Å². The summed E-state index contributed by atoms with van der Waals surface area (Å²) in [5.74, 6) is 0.495. The largest absolute Gasteiger partial charge is 0.465 e. The molecule has 18 heavy (non-hydrogen) atoms. The van der Waals surface area contributed by atoms with Crippen molar-refractivity contribution in [1.29, 1.82) is 0 Å². The number of ketones is 1. The molecular weight excluding hydrogens is 228 g/mol. The molecule has 0 saturated heterocycles. The van der Waals surface area contributed by atoms with Crippen LogP contribution in [0, 0.1) is 17.3 Å². The number of carbonyl (C=O) groups is 2. The zero-order chi connectivity index (χ0) is 13.8. The summed E-state index contributed by atoms with van der Waals surface area (Å²) >= 11 is 0. The molecule has 0 N–H and O–H groups in total. The summed E-state index contributed by atoms with van der Waals surface area (Å²) < 4.78 is 5.00. The molecule has 3 nitrogen and oxygen atoms in total. The maximum absolute atomic E-state index is 12.4. The lowest BCUT2D eigenvalue weighted by molar-refractivity contribution is -0.159. The van der Waals surface area contributed by atoms with Gasteiger partial charge in [0.2, 0.25) is 0 Å². The minimum Gasteiger partial charge on any atom is -0.465 e. The van der Waals surface area contributed by atoms with Gasteiger partial charge in [-0.25, -0.2) is 0 Å². The van der Waals surface area contributed by atoms with E-state index in [0.29, 0.717) is 6.61 Å². The van der Waals surface area contributed by atoms with E-state index < -0.39 is 5.41 Å². The molecule has 0 unspecified atom stereocenters. The fourth-order valence-corrected chi connectivity index (χ4v) is 2.76. The molecule has 0 radical (unpaired) electrons. The van der Waals surface area contributed by atoms with Gasteiger partial charge in [-0.2, -0.15) is 0 Å². The van der Waals surface area contributed by atoms with Crippen molar-refractivity contribution in [3.8, 4) is 0 Å². The van der Waals surface area contributed by atoms with Crippen molar-refractivity contribution in [1.82, 2.24) is 0 Å². The van der Waals surface area contributed by atoms with Crippen LogP contribution < -0.4 is 0 Å². The Balaban J connectivity index is 2.61. The lowest BCUT2D eigenvalue weighted by Gasteiger charge is -2.31. The first-order chi connectivity index (χ1) is 8.43. The van der Waals surface area contributed by atoms with Crippen LogP contribution in [0.15, 0.2) is 0 Å². The van der Waals surface area contributed by atoms with E-state index in [1.807, 2.05) is 0 Å². The fraction of sp³-hybridized carbons (Fsp3) is 0.867. The first-order valence-electron chi connectivity index (χ1n) is 7.15. The Labute approximate surface area is 110 Å². The lowest BCUT2D eigenvalue weighted by atomic mass is 9.72. The molecule has 0 aromatic rings. The van der Waals surface area contributed by atoms with E-state index in [0.717, 1.165) is 31.6 Å². The molecule has 0 aromatic carbocycles. The van der Waals surface area contributed by atoms with Crippen LogP contribution in [0.4, 0.5) is 0 Å². The van der Waals surface area contributed by atoms with Crippen LogP contribution in [-0.2, 0) is 14.3 Å². The Bertz CT molecular complexity index is 299. The molecule has 1 rings (SSSR count). The number of rotatable bonds is 5. The molecule has 0 aliphatic heterocycles. The molecule has 1 saturated carbocycles. The highest BCUT2D eigenvalue weighted by Crippen LogP contribution is 2.35. The normalized spacial score (nSPS) is 24.7. The SMILES string of the molecule is CCOC(=O)C(C)(C)C(=O)C1CCC(CC)CC1. The fourth-order valence-electron chi connectivity index (χ4n) is 2.76. The summed E-state index contributed by atoms with van der Waals surface area (Å²) in [6.07, 6.45) is 5.29. The molecule has 1 fully saturated rings. The standard InChI is InChI=1S/C15H26O3/c1-5-11-7-9-12(10-8-11)13(16)15(3,4)14(17)18-6-2/h11-12H,5-10H2,1-4H3. The highest BCUT2D eigenvalue weighted by atomic mass is 16.5. The van der Waals surface area contributed by atoms with Gasteiger partial charge in [0.15, 0.2) is 5.78 Å². The van der Waals surface area contributed by atoms with E-state index in [1.165, 1.54) is 6.42 Å². The molecule has 0 bridgehead atoms. The van der Waals surface area contributed by atoms with Gasteiger partial charge in [-0.15, -0.1) is 0 Å². The number of ether oxygens (including phenoxy) is 1. The summed E-state index contributed by atoms with van der Waals surface area (Å²) in [5, 5.41) is 0. The smallest absolute Gasteiger partial charge is 0.319 e. The van der Waals surface area contributed by atoms with Crippen molar-refractivity contribution in [2.45, 2.75) is 59.8 Å². The van der Waals surface area contributed by atoms with Gasteiger partial charge in [-0.1, -0.05) is 13.3 Å². The van der Waals surface area contributed by atoms with Crippen molar-refractivity contribution in [3.05, 3.63) is 0 Å². The zero-order valence-electron chi connectivity index (χ0n) is 12.1. The number of hydrogen-bond acceptors (Lipinski definition) is 3. The predicted molar refractivity (Wildman–Crippen MR) is 71.2 cm³/mol. The maximum Gasteiger partial charge on any atom is 0.319 e. The Kier molecular flexibility index (Phi) is 5.36. The van der Waals surface area contributed by atoms with Gasteiger partial charge in [0.1, 0.15) is 5.41 Å². The summed E-state index contributed by atoms with van der Waals surface area (Å²) in [6, 6.07) is 0. The maximum atomic E-state index is 12.4. The van der Waals surface area contributed by atoms with E-state index in [4.69, 9.17) is 4.74 Å². The lowest BCUT2D eigenvalue weighted by Crippen LogP contribution is -2.40. The Hall–Kier alpha value is -0.860. The van der Waals surface area contributed by atoms with Crippen molar-refractivity contribution >= 4 is 11.8 Å². The predicted octanol–water partition coefficient (Wildman–Crippen LogP) is 3.36. The topological polar surface area (TPSA) is 43.4 Å². The van der Waals surface area contributed by atoms with Crippen molar-refractivity contribution in [2.24, 2.45) is 17.3 Å². The molecule has 3 heteroatoms. The second-order valence-corrected chi connectivity index (χ2v) is 5.84. The summed E-state index contributed by atoms with van der Waals surface area (Å²) in [7, 11) is 0. The molecule has 0 amide bonds. The van der Waals surface area contributed by atoms with E-state index in [9.17, 15) is 9.59 Å². The molecule has 1 aliphatic rings. The molecule has 0 heterocycles. The van der Waals surface area contributed by atoms with Crippen LogP contribution in [0.5, 0.6) is 0 Å². The zero-order valence-corrected chi connectivity index (χ0v) is 12.1. The summed E-state index contributed by atoms with van der Waals surface area (Å²) in [5.41, 5.74) is -0.986. The van der Waals surface area contributed by atoms with E-state index >= 15 is 0 Å². The highest BCUT2D eigenvalue weighted by Gasteiger charge is 2.41. The number of esters is 1. The van der Waals surface area contributed by atoms with Gasteiger partial charge in [0.25, 0.3) is 0 Å². The van der Waals surface area contributed by atoms with Gasteiger partial charge in [0.05, 0.1) is 6.61 Å². The third-order valence-corrected chi connectivity index (χ3v) is 4.20. The molecule has 0 atom stereocenters. The van der Waals surface area contributed by atoms with Crippen molar-refractivity contribution in [2.75, 3.05) is 6.61 Å². The average molecular weight is 254 g/mol. The third kappa shape index (κ3) is 3.33. The average Bonchev–Trinajstić information content (AvgIpc) is 2.38. The van der Waals surface area contributed by atoms with Crippen LogP contribution in [0.2, 0.25) is 0 Å². The molecular formula is C15H26O3. The monoisotopic (exact) mass is 254 g/mol. The first kappa shape index (κ1) is 15.2. The minimum atomic E-state index is -0.986. The van der Waals surface area contributed by atoms with Gasteiger partial charge in [-0.05, 0) is 52.4 Å². The van der Waals surface area contributed by atoms with Crippen molar-refractivity contribution < 1.29 is 14.3 Å². The van der Waals surface area contributed by atoms with E-state index in [-0.39, 0.29) is 17.7 Å². The van der Waals surface area contributed by atoms with Crippen LogP contribution >= 0.6 is 0 Å². The van der Waals surface area contributed by atoms with Crippen molar-refractivity contribution in [3.63, 3.8) is 0 Å². The van der Waals surface area contributed by atoms with Gasteiger partial charge in [-0.3, -0.25) is 9.59 Å². The van der Waals surface area contributed by atoms with E-state index in [2.05, 4.69) is 6.92 Å². The van der Waals surface area contributed by atoms with E-state index in [1.54, 1.807) is 20.8 Å². The third-order valence-electron chi connectivity index (χ3n) is 4.20. The molecule has 1 aliphatic carbocycles. The van der Waals surface area contributed by atoms with Gasteiger partial charge in [0, 0.05) is 5.92 Å². The summed E-state index contributed by atoms with van der Waals surface area (Å²) in [6.45, 7) is 7.69. The second-order valence-electron chi connectivity index (χ2n) is 5.84. The Morgan fingerprint density at radius 3 is 2.11 bits per heavy atom. The first-order valence-corrected chi connectivity index (χ1v) is 7.15. The number of hydrogen-bond donors (Lipinski definition) is 0. The summed E-state index contributed by atoms with van der Waals surface area (Å²) in [4.78, 5) is 24.3.